The van der Waals surface area contributed by atoms with E-state index in [1.54, 1.807) is 0 Å². The van der Waals surface area contributed by atoms with Crippen molar-refractivity contribution in [3.05, 3.63) is 35.1 Å². The predicted octanol–water partition coefficient (Wildman–Crippen LogP) is 3.67. The first-order valence-corrected chi connectivity index (χ1v) is 6.64. The smallest absolute Gasteiger partial charge is 0.132 e. The number of nitrogens with zero attached hydrogens (tertiary/aromatic N) is 1. The van der Waals surface area contributed by atoms with E-state index < -0.39 is 0 Å². The van der Waals surface area contributed by atoms with Crippen LogP contribution in [0.15, 0.2) is 24.4 Å². The normalized spacial score (nSPS) is 29.9. The second kappa shape index (κ2) is 4.34. The summed E-state index contributed by atoms with van der Waals surface area (Å²) >= 11 is 5.91. The van der Waals surface area contributed by atoms with Gasteiger partial charge in [-0.05, 0) is 49.1 Å². The zero-order chi connectivity index (χ0) is 11.8. The minimum absolute atomic E-state index is 0.596. The number of allylic oxidation sites excluding steroid dienone is 2. The highest BCUT2D eigenvalue weighted by atomic mass is 35.5. The van der Waals surface area contributed by atoms with Gasteiger partial charge >= 0.3 is 0 Å². The molecule has 0 spiro atoms. The molecule has 0 aromatic carbocycles. The van der Waals surface area contributed by atoms with Crippen molar-refractivity contribution in [2.24, 2.45) is 17.8 Å². The summed E-state index contributed by atoms with van der Waals surface area (Å²) in [5, 5.41) is 4.08. The van der Waals surface area contributed by atoms with Crippen LogP contribution in [0.4, 0.5) is 5.69 Å². The molecular formula is C14H17ClN2. The lowest BCUT2D eigenvalue weighted by molar-refractivity contribution is 0.472. The Morgan fingerprint density at radius 1 is 1.41 bits per heavy atom. The molecule has 1 aromatic heterocycles. The fourth-order valence-electron chi connectivity index (χ4n) is 3.03. The van der Waals surface area contributed by atoms with Gasteiger partial charge in [0.05, 0.1) is 11.9 Å². The van der Waals surface area contributed by atoms with Gasteiger partial charge in [-0.25, -0.2) is 4.98 Å². The zero-order valence-electron chi connectivity index (χ0n) is 9.99. The molecule has 17 heavy (non-hydrogen) atoms. The Labute approximate surface area is 107 Å². The van der Waals surface area contributed by atoms with E-state index >= 15 is 0 Å². The average Bonchev–Trinajstić information content (AvgIpc) is 2.92. The van der Waals surface area contributed by atoms with Gasteiger partial charge in [0.15, 0.2) is 0 Å². The summed E-state index contributed by atoms with van der Waals surface area (Å²) in [6.45, 7) is 3.04. The lowest BCUT2D eigenvalue weighted by atomic mass is 9.93. The lowest BCUT2D eigenvalue weighted by Crippen LogP contribution is -2.18. The number of aromatic nitrogens is 1. The molecule has 3 rings (SSSR count). The van der Waals surface area contributed by atoms with Crippen LogP contribution >= 0.6 is 11.6 Å². The molecule has 0 amide bonds. The first-order valence-electron chi connectivity index (χ1n) is 6.26. The molecule has 2 bridgehead atoms. The standard InChI is InChI=1S/C14H17ClN2/c1-9-4-13(8-17-14(9)15)16-7-12-6-10-2-3-11(12)5-10/h2-4,8,10-12,16H,5-7H2,1H3. The lowest BCUT2D eigenvalue weighted by Gasteiger charge is -2.19. The summed E-state index contributed by atoms with van der Waals surface area (Å²) in [5.74, 6) is 2.44. The molecule has 0 aliphatic heterocycles. The van der Waals surface area contributed by atoms with E-state index in [0.717, 1.165) is 35.5 Å². The molecule has 1 saturated carbocycles. The van der Waals surface area contributed by atoms with Crippen LogP contribution in [0.5, 0.6) is 0 Å². The zero-order valence-corrected chi connectivity index (χ0v) is 10.7. The van der Waals surface area contributed by atoms with Crippen LogP contribution in [-0.2, 0) is 0 Å². The van der Waals surface area contributed by atoms with E-state index in [9.17, 15) is 0 Å². The molecule has 2 nitrogen and oxygen atoms in total. The maximum atomic E-state index is 5.91. The average molecular weight is 249 g/mol. The topological polar surface area (TPSA) is 24.9 Å². The predicted molar refractivity (Wildman–Crippen MR) is 71.3 cm³/mol. The molecule has 90 valence electrons. The van der Waals surface area contributed by atoms with Gasteiger partial charge in [-0.3, -0.25) is 0 Å². The fourth-order valence-corrected chi connectivity index (χ4v) is 3.14. The van der Waals surface area contributed by atoms with Crippen LogP contribution in [0.3, 0.4) is 0 Å². The number of halogens is 1. The van der Waals surface area contributed by atoms with E-state index in [2.05, 4.69) is 28.5 Å². The largest absolute Gasteiger partial charge is 0.383 e. The number of pyridine rings is 1. The Kier molecular flexibility index (Phi) is 2.83. The first kappa shape index (κ1) is 11.1. The van der Waals surface area contributed by atoms with Gasteiger partial charge in [-0.15, -0.1) is 0 Å². The third-order valence-electron chi connectivity index (χ3n) is 4.00. The van der Waals surface area contributed by atoms with Crippen LogP contribution in [0.25, 0.3) is 0 Å². The molecular weight excluding hydrogens is 232 g/mol. The number of hydrogen-bond donors (Lipinski definition) is 1. The van der Waals surface area contributed by atoms with Crippen LogP contribution in [0, 0.1) is 24.7 Å². The molecule has 1 N–H and O–H groups in total. The number of hydrogen-bond acceptors (Lipinski definition) is 2. The number of anilines is 1. The molecule has 3 heteroatoms. The van der Waals surface area contributed by atoms with Gasteiger partial charge in [0, 0.05) is 6.54 Å². The van der Waals surface area contributed by atoms with Crippen molar-refractivity contribution in [1.29, 1.82) is 0 Å². The minimum atomic E-state index is 0.596. The Bertz CT molecular complexity index is 456. The molecule has 0 radical (unpaired) electrons. The number of fused-ring (bicyclic) bond motifs is 2. The van der Waals surface area contributed by atoms with Gasteiger partial charge in [-0.2, -0.15) is 0 Å². The summed E-state index contributed by atoms with van der Waals surface area (Å²) in [4.78, 5) is 4.16. The van der Waals surface area contributed by atoms with Gasteiger partial charge < -0.3 is 5.32 Å². The molecule has 1 aromatic rings. The van der Waals surface area contributed by atoms with Gasteiger partial charge in [0.1, 0.15) is 5.15 Å². The van der Waals surface area contributed by atoms with Crippen molar-refractivity contribution in [1.82, 2.24) is 4.98 Å². The molecule has 0 saturated heterocycles. The second-order valence-corrected chi connectivity index (χ2v) is 5.61. The highest BCUT2D eigenvalue weighted by Gasteiger charge is 2.35. The van der Waals surface area contributed by atoms with Gasteiger partial charge in [0.25, 0.3) is 0 Å². The van der Waals surface area contributed by atoms with Crippen molar-refractivity contribution in [3.63, 3.8) is 0 Å². The van der Waals surface area contributed by atoms with E-state index in [1.807, 2.05) is 13.1 Å². The Hall–Kier alpha value is -1.02. The van der Waals surface area contributed by atoms with Crippen molar-refractivity contribution >= 4 is 17.3 Å². The third-order valence-corrected chi connectivity index (χ3v) is 4.39. The highest BCUT2D eigenvalue weighted by Crippen LogP contribution is 2.43. The first-order chi connectivity index (χ1) is 8.22. The SMILES string of the molecule is Cc1cc(NCC2CC3C=CC2C3)cnc1Cl. The second-order valence-electron chi connectivity index (χ2n) is 5.25. The maximum Gasteiger partial charge on any atom is 0.132 e. The van der Waals surface area contributed by atoms with Gasteiger partial charge in [-0.1, -0.05) is 23.8 Å². The fraction of sp³-hybridized carbons (Fsp3) is 0.500. The van der Waals surface area contributed by atoms with Crippen molar-refractivity contribution in [2.45, 2.75) is 19.8 Å². The maximum absolute atomic E-state index is 5.91. The van der Waals surface area contributed by atoms with E-state index in [1.165, 1.54) is 12.8 Å². The molecule has 1 heterocycles. The van der Waals surface area contributed by atoms with E-state index in [-0.39, 0.29) is 0 Å². The Balaban J connectivity index is 1.61. The monoisotopic (exact) mass is 248 g/mol. The van der Waals surface area contributed by atoms with Gasteiger partial charge in [0.2, 0.25) is 0 Å². The van der Waals surface area contributed by atoms with Crippen LogP contribution in [0.1, 0.15) is 18.4 Å². The third kappa shape index (κ3) is 2.19. The Morgan fingerprint density at radius 3 is 2.94 bits per heavy atom. The van der Waals surface area contributed by atoms with Crippen LogP contribution < -0.4 is 5.32 Å². The summed E-state index contributed by atoms with van der Waals surface area (Å²) in [5.41, 5.74) is 2.11. The molecule has 3 unspecified atom stereocenters. The minimum Gasteiger partial charge on any atom is -0.383 e. The summed E-state index contributed by atoms with van der Waals surface area (Å²) in [6.07, 6.45) is 9.30. The van der Waals surface area contributed by atoms with Crippen LogP contribution in [0.2, 0.25) is 5.15 Å². The summed E-state index contributed by atoms with van der Waals surface area (Å²) in [7, 11) is 0. The molecule has 2 aliphatic rings. The van der Waals surface area contributed by atoms with E-state index in [4.69, 9.17) is 11.6 Å². The van der Waals surface area contributed by atoms with Crippen molar-refractivity contribution < 1.29 is 0 Å². The molecule has 1 fully saturated rings. The van der Waals surface area contributed by atoms with Crippen LogP contribution in [-0.4, -0.2) is 11.5 Å². The van der Waals surface area contributed by atoms with E-state index in [0.29, 0.717) is 5.15 Å². The Morgan fingerprint density at radius 2 is 2.29 bits per heavy atom. The number of nitrogens with one attached hydrogen (secondary N) is 1. The number of aryl methyl sites for hydroxylation is 1. The number of rotatable bonds is 3. The molecule has 2 aliphatic carbocycles. The highest BCUT2D eigenvalue weighted by molar-refractivity contribution is 6.30. The summed E-state index contributed by atoms with van der Waals surface area (Å²) in [6, 6.07) is 2.07. The van der Waals surface area contributed by atoms with Crippen molar-refractivity contribution in [3.8, 4) is 0 Å². The summed E-state index contributed by atoms with van der Waals surface area (Å²) < 4.78 is 0. The van der Waals surface area contributed by atoms with Crippen molar-refractivity contribution in [2.75, 3.05) is 11.9 Å². The quantitative estimate of drug-likeness (QED) is 0.652. The molecule has 3 atom stereocenters.